The number of carbonyl (C=O) groups excluding carboxylic acids is 1. The highest BCUT2D eigenvalue weighted by molar-refractivity contribution is 7.92. The summed E-state index contributed by atoms with van der Waals surface area (Å²) in [5.74, 6) is -0.0557. The van der Waals surface area contributed by atoms with Gasteiger partial charge in [0.2, 0.25) is 0 Å². The molecule has 22 heavy (non-hydrogen) atoms. The van der Waals surface area contributed by atoms with Gasteiger partial charge in [-0.2, -0.15) is 0 Å². The number of carbonyl (C=O) groups is 1. The first-order valence-electron chi connectivity index (χ1n) is 7.08. The number of aromatic nitrogens is 1. The smallest absolute Gasteiger partial charge is 0.273 e. The summed E-state index contributed by atoms with van der Waals surface area (Å²) in [5, 5.41) is 2.18. The molecule has 2 fully saturated rings. The van der Waals surface area contributed by atoms with E-state index in [2.05, 4.69) is 4.98 Å². The molecule has 2 atom stereocenters. The predicted molar refractivity (Wildman–Crippen MR) is 84.6 cm³/mol. The van der Waals surface area contributed by atoms with Gasteiger partial charge in [0.1, 0.15) is 10.7 Å². The zero-order chi connectivity index (χ0) is 15.3. The van der Waals surface area contributed by atoms with Gasteiger partial charge in [0, 0.05) is 23.5 Å². The maximum absolute atomic E-state index is 12.6. The average Bonchev–Trinajstić information content (AvgIpc) is 3.20. The van der Waals surface area contributed by atoms with Crippen molar-refractivity contribution in [2.45, 2.75) is 17.7 Å². The number of hydrogen-bond acceptors (Lipinski definition) is 5. The van der Waals surface area contributed by atoms with E-state index in [1.807, 2.05) is 30.3 Å². The molecule has 1 aromatic heterocycles. The molecule has 2 unspecified atom stereocenters. The summed E-state index contributed by atoms with van der Waals surface area (Å²) in [6.07, 6.45) is 0.573. The van der Waals surface area contributed by atoms with Crippen LogP contribution in [0.15, 0.2) is 35.7 Å². The molecule has 2 aromatic rings. The number of amides is 1. The van der Waals surface area contributed by atoms with E-state index < -0.39 is 9.84 Å². The Morgan fingerprint density at radius 3 is 2.68 bits per heavy atom. The van der Waals surface area contributed by atoms with Gasteiger partial charge in [0.25, 0.3) is 5.91 Å². The van der Waals surface area contributed by atoms with Crippen molar-refractivity contribution < 1.29 is 13.2 Å². The molecule has 0 saturated carbocycles. The highest BCUT2D eigenvalue weighted by Crippen LogP contribution is 2.34. The molecular weight excluding hydrogens is 320 g/mol. The first kappa shape index (κ1) is 13.9. The standard InChI is InChI=1S/C15H14N2O3S2/c18-15(17-7-12-6-11(17)9-22(12,19)20)13-8-21-14(16-13)10-4-2-1-3-5-10/h1-5,8,11-12H,6-7,9H2. The second-order valence-corrected chi connectivity index (χ2v) is 8.89. The lowest BCUT2D eigenvalue weighted by Crippen LogP contribution is -2.44. The number of likely N-dealkylation sites (tertiary alicyclic amines) is 1. The van der Waals surface area contributed by atoms with Gasteiger partial charge in [0.15, 0.2) is 9.84 Å². The van der Waals surface area contributed by atoms with E-state index in [-0.39, 0.29) is 23.0 Å². The summed E-state index contributed by atoms with van der Waals surface area (Å²) in [5.41, 5.74) is 1.39. The molecule has 2 saturated heterocycles. The van der Waals surface area contributed by atoms with E-state index >= 15 is 0 Å². The van der Waals surface area contributed by atoms with Crippen LogP contribution in [0.2, 0.25) is 0 Å². The topological polar surface area (TPSA) is 67.3 Å². The Bertz CT molecular complexity index is 829. The van der Waals surface area contributed by atoms with Crippen molar-refractivity contribution in [2.24, 2.45) is 0 Å². The van der Waals surface area contributed by atoms with E-state index in [1.165, 1.54) is 11.3 Å². The second-order valence-electron chi connectivity index (χ2n) is 5.70. The van der Waals surface area contributed by atoms with Crippen LogP contribution < -0.4 is 0 Å². The third-order valence-corrected chi connectivity index (χ3v) is 7.41. The summed E-state index contributed by atoms with van der Waals surface area (Å²) in [4.78, 5) is 18.7. The molecule has 2 bridgehead atoms. The third-order valence-electron chi connectivity index (χ3n) is 4.31. The average molecular weight is 334 g/mol. The highest BCUT2D eigenvalue weighted by Gasteiger charge is 2.50. The van der Waals surface area contributed by atoms with E-state index in [4.69, 9.17) is 0 Å². The molecule has 0 N–H and O–H groups in total. The number of sulfone groups is 1. The molecule has 0 radical (unpaired) electrons. The van der Waals surface area contributed by atoms with Gasteiger partial charge in [-0.1, -0.05) is 30.3 Å². The van der Waals surface area contributed by atoms with Gasteiger partial charge in [-0.3, -0.25) is 4.79 Å². The molecule has 0 spiro atoms. The second kappa shape index (κ2) is 4.89. The molecule has 3 heterocycles. The number of fused-ring (bicyclic) bond motifs is 2. The van der Waals surface area contributed by atoms with Crippen molar-refractivity contribution in [2.75, 3.05) is 12.3 Å². The summed E-state index contributed by atoms with van der Waals surface area (Å²) >= 11 is 1.43. The summed E-state index contributed by atoms with van der Waals surface area (Å²) in [6.45, 7) is 0.310. The maximum Gasteiger partial charge on any atom is 0.273 e. The van der Waals surface area contributed by atoms with Crippen molar-refractivity contribution >= 4 is 27.1 Å². The van der Waals surface area contributed by atoms with Crippen molar-refractivity contribution in [1.82, 2.24) is 9.88 Å². The molecule has 5 nitrogen and oxygen atoms in total. The van der Waals surface area contributed by atoms with Crippen LogP contribution in [0.5, 0.6) is 0 Å². The van der Waals surface area contributed by atoms with Crippen LogP contribution in [0.3, 0.4) is 0 Å². The fraction of sp³-hybridized carbons (Fsp3) is 0.333. The molecule has 1 aromatic carbocycles. The van der Waals surface area contributed by atoms with Gasteiger partial charge in [-0.25, -0.2) is 13.4 Å². The normalized spacial score (nSPS) is 25.5. The van der Waals surface area contributed by atoms with Crippen LogP contribution in [0.4, 0.5) is 0 Å². The van der Waals surface area contributed by atoms with Gasteiger partial charge in [-0.05, 0) is 6.42 Å². The van der Waals surface area contributed by atoms with Crippen LogP contribution in [0.25, 0.3) is 10.6 Å². The van der Waals surface area contributed by atoms with Crippen LogP contribution in [-0.4, -0.2) is 47.8 Å². The molecular formula is C15H14N2O3S2. The Hall–Kier alpha value is -1.73. The van der Waals surface area contributed by atoms with Crippen LogP contribution in [-0.2, 0) is 9.84 Å². The van der Waals surface area contributed by atoms with E-state index in [1.54, 1.807) is 10.3 Å². The quantitative estimate of drug-likeness (QED) is 0.840. The minimum atomic E-state index is -2.99. The highest BCUT2D eigenvalue weighted by atomic mass is 32.2. The lowest BCUT2D eigenvalue weighted by Gasteiger charge is -2.26. The Morgan fingerprint density at radius 2 is 2.05 bits per heavy atom. The zero-order valence-electron chi connectivity index (χ0n) is 11.7. The molecule has 0 aliphatic carbocycles. The number of nitrogens with zero attached hydrogens (tertiary/aromatic N) is 2. The van der Waals surface area contributed by atoms with Crippen molar-refractivity contribution in [3.8, 4) is 10.6 Å². The number of thiazole rings is 1. The van der Waals surface area contributed by atoms with Crippen molar-refractivity contribution in [3.63, 3.8) is 0 Å². The fourth-order valence-electron chi connectivity index (χ4n) is 3.18. The predicted octanol–water partition coefficient (Wildman–Crippen LogP) is 1.82. The fourth-order valence-corrected chi connectivity index (χ4v) is 6.00. The number of rotatable bonds is 2. The Labute approximate surface area is 132 Å². The molecule has 2 aliphatic rings. The largest absolute Gasteiger partial charge is 0.332 e. The number of hydrogen-bond donors (Lipinski definition) is 0. The van der Waals surface area contributed by atoms with Gasteiger partial charge >= 0.3 is 0 Å². The van der Waals surface area contributed by atoms with E-state index in [0.29, 0.717) is 18.7 Å². The monoisotopic (exact) mass is 334 g/mol. The summed E-state index contributed by atoms with van der Waals surface area (Å²) in [6, 6.07) is 9.54. The van der Waals surface area contributed by atoms with Gasteiger partial charge < -0.3 is 4.90 Å². The first-order valence-corrected chi connectivity index (χ1v) is 9.67. The lowest BCUT2D eigenvalue weighted by atomic mass is 10.2. The third kappa shape index (κ3) is 2.16. The zero-order valence-corrected chi connectivity index (χ0v) is 13.3. The molecule has 114 valence electrons. The molecule has 7 heteroatoms. The van der Waals surface area contributed by atoms with Gasteiger partial charge in [-0.15, -0.1) is 11.3 Å². The number of benzene rings is 1. The van der Waals surface area contributed by atoms with Crippen LogP contribution in [0.1, 0.15) is 16.9 Å². The molecule has 4 rings (SSSR count). The first-order chi connectivity index (χ1) is 10.5. The van der Waals surface area contributed by atoms with Gasteiger partial charge in [0.05, 0.1) is 11.0 Å². The van der Waals surface area contributed by atoms with Crippen molar-refractivity contribution in [3.05, 3.63) is 41.4 Å². The van der Waals surface area contributed by atoms with Crippen molar-refractivity contribution in [1.29, 1.82) is 0 Å². The molecule has 2 aliphatic heterocycles. The van der Waals surface area contributed by atoms with E-state index in [9.17, 15) is 13.2 Å². The summed E-state index contributed by atoms with van der Waals surface area (Å²) in [7, 11) is -2.99. The van der Waals surface area contributed by atoms with Crippen LogP contribution in [0, 0.1) is 0 Å². The minimum absolute atomic E-state index is 0.0963. The Balaban J connectivity index is 1.57. The van der Waals surface area contributed by atoms with Crippen LogP contribution >= 0.6 is 11.3 Å². The molecule has 1 amide bonds. The Morgan fingerprint density at radius 1 is 1.27 bits per heavy atom. The minimum Gasteiger partial charge on any atom is -0.332 e. The van der Waals surface area contributed by atoms with E-state index in [0.717, 1.165) is 10.6 Å². The Kier molecular flexibility index (Phi) is 3.09. The summed E-state index contributed by atoms with van der Waals surface area (Å²) < 4.78 is 23.5. The maximum atomic E-state index is 12.6. The lowest BCUT2D eigenvalue weighted by molar-refractivity contribution is 0.0741. The SMILES string of the molecule is O=C(c1csc(-c2ccccc2)n1)N1CC2CC1CS2(=O)=O.